The third kappa shape index (κ3) is 6.08. The smallest absolute Gasteiger partial charge is 0.416 e. The van der Waals surface area contributed by atoms with E-state index in [0.717, 1.165) is 17.3 Å². The normalized spacial score (nSPS) is 15.3. The van der Waals surface area contributed by atoms with Crippen LogP contribution in [-0.4, -0.2) is 10.2 Å². The Morgan fingerprint density at radius 1 is 0.861 bits per heavy atom. The van der Waals surface area contributed by atoms with Crippen molar-refractivity contribution in [2.24, 2.45) is 0 Å². The second-order valence-corrected chi connectivity index (χ2v) is 9.39. The van der Waals surface area contributed by atoms with Crippen LogP contribution in [0.3, 0.4) is 0 Å². The zero-order valence-electron chi connectivity index (χ0n) is 18.0. The topological polar surface area (TPSA) is 38.3 Å². The second kappa shape index (κ2) is 9.98. The second-order valence-electron chi connectivity index (χ2n) is 7.67. The predicted octanol–water partition coefficient (Wildman–Crippen LogP) is 7.46. The molecule has 1 N–H and O–H groups in total. The van der Waals surface area contributed by atoms with E-state index in [0.29, 0.717) is 12.1 Å². The van der Waals surface area contributed by atoms with Gasteiger partial charge in [0.25, 0.3) is 5.91 Å². The number of carbonyl (C=O) groups excluding carboxylic acids is 1. The molecular weight excluding hydrogens is 524 g/mol. The number of thioether (sulfide) groups is 1. The maximum absolute atomic E-state index is 13.4. The minimum absolute atomic E-state index is 0.0736. The van der Waals surface area contributed by atoms with Crippen molar-refractivity contribution < 1.29 is 35.9 Å². The SMILES string of the molecule is O=C1NC(=S)S/C1=C\c1cc(-c2cc(C(F)(F)F)cc(C(F)(F)F)c2)ccc1OCc1ccccc1. The van der Waals surface area contributed by atoms with Gasteiger partial charge in [0.05, 0.1) is 16.0 Å². The first-order valence-electron chi connectivity index (χ1n) is 10.3. The van der Waals surface area contributed by atoms with Crippen LogP contribution in [0.4, 0.5) is 26.3 Å². The van der Waals surface area contributed by atoms with Crippen molar-refractivity contribution in [3.63, 3.8) is 0 Å². The number of benzene rings is 3. The van der Waals surface area contributed by atoms with E-state index in [2.05, 4.69) is 5.32 Å². The van der Waals surface area contributed by atoms with Gasteiger partial charge < -0.3 is 10.1 Å². The van der Waals surface area contributed by atoms with Crippen LogP contribution in [0.5, 0.6) is 5.75 Å². The summed E-state index contributed by atoms with van der Waals surface area (Å²) in [5.74, 6) is -0.188. The lowest BCUT2D eigenvalue weighted by Crippen LogP contribution is -2.17. The number of halogens is 6. The molecule has 186 valence electrons. The Kier molecular flexibility index (Phi) is 7.14. The molecule has 1 heterocycles. The molecule has 1 saturated heterocycles. The van der Waals surface area contributed by atoms with Crippen LogP contribution in [0, 0.1) is 0 Å². The van der Waals surface area contributed by atoms with Gasteiger partial charge in [0.15, 0.2) is 0 Å². The van der Waals surface area contributed by atoms with E-state index < -0.39 is 29.4 Å². The van der Waals surface area contributed by atoms with Crippen LogP contribution in [0.25, 0.3) is 17.2 Å². The van der Waals surface area contributed by atoms with Gasteiger partial charge in [0.1, 0.15) is 16.7 Å². The van der Waals surface area contributed by atoms with E-state index >= 15 is 0 Å². The summed E-state index contributed by atoms with van der Waals surface area (Å²) >= 11 is 5.97. The number of ether oxygens (including phenoxy) is 1. The van der Waals surface area contributed by atoms with Gasteiger partial charge in [-0.25, -0.2) is 0 Å². The van der Waals surface area contributed by atoms with Crippen LogP contribution in [0.1, 0.15) is 22.3 Å². The summed E-state index contributed by atoms with van der Waals surface area (Å²) in [6.45, 7) is 0.149. The molecule has 1 fully saturated rings. The Morgan fingerprint density at radius 2 is 1.50 bits per heavy atom. The van der Waals surface area contributed by atoms with E-state index in [4.69, 9.17) is 17.0 Å². The molecule has 1 amide bonds. The van der Waals surface area contributed by atoms with Crippen LogP contribution < -0.4 is 10.1 Å². The lowest BCUT2D eigenvalue weighted by atomic mass is 9.97. The summed E-state index contributed by atoms with van der Waals surface area (Å²) in [7, 11) is 0. The Hall–Kier alpha value is -3.31. The van der Waals surface area contributed by atoms with E-state index in [9.17, 15) is 31.1 Å². The number of hydrogen-bond acceptors (Lipinski definition) is 4. The molecule has 0 spiro atoms. The van der Waals surface area contributed by atoms with Gasteiger partial charge in [-0.05, 0) is 53.1 Å². The molecule has 0 aliphatic carbocycles. The summed E-state index contributed by atoms with van der Waals surface area (Å²) in [6, 6.07) is 14.7. The number of hydrogen-bond donors (Lipinski definition) is 1. The lowest BCUT2D eigenvalue weighted by Gasteiger charge is -2.16. The van der Waals surface area contributed by atoms with E-state index in [-0.39, 0.29) is 44.3 Å². The molecule has 0 atom stereocenters. The van der Waals surface area contributed by atoms with E-state index in [1.165, 1.54) is 24.3 Å². The number of amides is 1. The minimum atomic E-state index is -4.98. The summed E-state index contributed by atoms with van der Waals surface area (Å²) < 4.78 is 86.2. The molecule has 3 aromatic carbocycles. The van der Waals surface area contributed by atoms with Crippen molar-refractivity contribution in [3.8, 4) is 16.9 Å². The fourth-order valence-electron chi connectivity index (χ4n) is 3.39. The number of alkyl halides is 6. The summed E-state index contributed by atoms with van der Waals surface area (Å²) in [6.07, 6.45) is -8.52. The number of thiocarbonyl (C=S) groups is 1. The molecule has 3 aromatic rings. The van der Waals surface area contributed by atoms with Gasteiger partial charge in [-0.1, -0.05) is 60.4 Å². The Labute approximate surface area is 211 Å². The highest BCUT2D eigenvalue weighted by Crippen LogP contribution is 2.40. The minimum Gasteiger partial charge on any atom is -0.488 e. The van der Waals surface area contributed by atoms with Gasteiger partial charge >= 0.3 is 12.4 Å². The lowest BCUT2D eigenvalue weighted by molar-refractivity contribution is -0.143. The molecule has 36 heavy (non-hydrogen) atoms. The van der Waals surface area contributed by atoms with E-state index in [1.54, 1.807) is 0 Å². The summed E-state index contributed by atoms with van der Waals surface area (Å²) in [5.41, 5.74) is -1.93. The van der Waals surface area contributed by atoms with Crippen molar-refractivity contribution in [1.82, 2.24) is 5.32 Å². The molecule has 11 heteroatoms. The molecule has 0 unspecified atom stereocenters. The molecule has 1 aliphatic rings. The number of rotatable bonds is 5. The maximum Gasteiger partial charge on any atom is 0.416 e. The Bertz CT molecular complexity index is 1320. The van der Waals surface area contributed by atoms with Crippen LogP contribution >= 0.6 is 24.0 Å². The van der Waals surface area contributed by atoms with Crippen LogP contribution in [0.2, 0.25) is 0 Å². The molecule has 4 rings (SSSR count). The molecule has 0 radical (unpaired) electrons. The number of carbonyl (C=O) groups is 1. The monoisotopic (exact) mass is 539 g/mol. The first-order valence-corrected chi connectivity index (χ1v) is 11.5. The molecular formula is C25H15F6NO2S2. The first-order chi connectivity index (χ1) is 16.9. The van der Waals surface area contributed by atoms with Gasteiger partial charge in [-0.15, -0.1) is 0 Å². The van der Waals surface area contributed by atoms with Gasteiger partial charge in [-0.2, -0.15) is 26.3 Å². The van der Waals surface area contributed by atoms with Crippen LogP contribution in [-0.2, 0) is 23.8 Å². The van der Waals surface area contributed by atoms with E-state index in [1.807, 2.05) is 30.3 Å². The van der Waals surface area contributed by atoms with Gasteiger partial charge in [-0.3, -0.25) is 4.79 Å². The molecule has 1 aliphatic heterocycles. The van der Waals surface area contributed by atoms with Crippen molar-refractivity contribution in [1.29, 1.82) is 0 Å². The average molecular weight is 540 g/mol. The third-order valence-electron chi connectivity index (χ3n) is 5.10. The van der Waals surface area contributed by atoms with Gasteiger partial charge in [0.2, 0.25) is 0 Å². The average Bonchev–Trinajstić information content (AvgIpc) is 3.13. The van der Waals surface area contributed by atoms with Crippen LogP contribution in [0.15, 0.2) is 71.6 Å². The third-order valence-corrected chi connectivity index (χ3v) is 6.26. The highest BCUT2D eigenvalue weighted by atomic mass is 32.2. The fourth-order valence-corrected chi connectivity index (χ4v) is 4.43. The zero-order chi connectivity index (χ0) is 26.1. The maximum atomic E-state index is 13.4. The Balaban J connectivity index is 1.80. The van der Waals surface area contributed by atoms with Crippen molar-refractivity contribution in [2.45, 2.75) is 19.0 Å². The number of nitrogens with one attached hydrogen (secondary N) is 1. The van der Waals surface area contributed by atoms with Gasteiger partial charge in [0, 0.05) is 5.56 Å². The van der Waals surface area contributed by atoms with Crippen molar-refractivity contribution in [3.05, 3.63) is 93.9 Å². The zero-order valence-corrected chi connectivity index (χ0v) is 19.7. The highest BCUT2D eigenvalue weighted by molar-refractivity contribution is 8.26. The van der Waals surface area contributed by atoms with Crippen molar-refractivity contribution in [2.75, 3.05) is 0 Å². The standard InChI is InChI=1S/C25H15F6NO2S2/c26-24(27,28)18-9-16(10-19(12-18)25(29,30)31)15-6-7-20(34-13-14-4-2-1-3-5-14)17(8-15)11-21-22(33)32-23(35)36-21/h1-12H,13H2,(H,32,33,35)/b21-11-. The Morgan fingerprint density at radius 3 is 2.06 bits per heavy atom. The summed E-state index contributed by atoms with van der Waals surface area (Å²) in [5, 5.41) is 2.46. The van der Waals surface area contributed by atoms with Crippen molar-refractivity contribution >= 4 is 40.3 Å². The predicted molar refractivity (Wildman–Crippen MR) is 129 cm³/mol. The quantitative estimate of drug-likeness (QED) is 0.208. The molecule has 0 saturated carbocycles. The molecule has 3 nitrogen and oxygen atoms in total. The fraction of sp³-hybridized carbons (Fsp3) is 0.120. The summed E-state index contributed by atoms with van der Waals surface area (Å²) in [4.78, 5) is 12.4. The molecule has 0 bridgehead atoms. The largest absolute Gasteiger partial charge is 0.488 e. The highest BCUT2D eigenvalue weighted by Gasteiger charge is 2.37. The first kappa shape index (κ1) is 25.8. The molecule has 0 aromatic heterocycles.